The first-order chi connectivity index (χ1) is 10.5. The highest BCUT2D eigenvalue weighted by Crippen LogP contribution is 2.31. The summed E-state index contributed by atoms with van der Waals surface area (Å²) in [6.45, 7) is 5.69. The third kappa shape index (κ3) is 4.78. The zero-order valence-corrected chi connectivity index (χ0v) is 13.7. The first-order valence-corrected chi connectivity index (χ1v) is 7.87. The molecule has 0 aliphatic carbocycles. The number of thioether (sulfide) groups is 1. The molecule has 0 saturated carbocycles. The molecular weight excluding hydrogens is 302 g/mol. The summed E-state index contributed by atoms with van der Waals surface area (Å²) in [7, 11) is 0. The number of carbonyl (C=O) groups excluding carboxylic acids is 2. The number of hydrogen-bond donors (Lipinski definition) is 0. The van der Waals surface area contributed by atoms with Gasteiger partial charge in [-0.15, -0.1) is 0 Å². The molecular formula is C16H19NO4S. The molecule has 118 valence electrons. The van der Waals surface area contributed by atoms with Crippen molar-refractivity contribution in [3.63, 3.8) is 0 Å². The molecule has 0 aromatic heterocycles. The van der Waals surface area contributed by atoms with Gasteiger partial charge < -0.3 is 9.47 Å². The van der Waals surface area contributed by atoms with E-state index in [1.54, 1.807) is 26.0 Å². The maximum absolute atomic E-state index is 12.3. The van der Waals surface area contributed by atoms with Crippen molar-refractivity contribution in [3.8, 4) is 5.40 Å². The topological polar surface area (TPSA) is 76.4 Å². The summed E-state index contributed by atoms with van der Waals surface area (Å²) in [6, 6.07) is 7.23. The molecule has 1 rings (SSSR count). The highest BCUT2D eigenvalue weighted by Gasteiger charge is 2.38. The molecule has 0 saturated heterocycles. The second-order valence-electron chi connectivity index (χ2n) is 4.52. The predicted octanol–water partition coefficient (Wildman–Crippen LogP) is 2.79. The standard InChI is InChI=1S/C16H19NO4S/c1-4-20-15(18)13(12-8-6-11(3)7-9-12)14(22-10-17)16(19)21-5-2/h6-9,13-14H,4-5H2,1-3H3. The van der Waals surface area contributed by atoms with E-state index in [1.807, 2.05) is 24.5 Å². The maximum Gasteiger partial charge on any atom is 0.321 e. The van der Waals surface area contributed by atoms with E-state index in [1.165, 1.54) is 0 Å². The van der Waals surface area contributed by atoms with Crippen LogP contribution in [0.2, 0.25) is 0 Å². The molecule has 2 atom stereocenters. The predicted molar refractivity (Wildman–Crippen MR) is 84.2 cm³/mol. The fourth-order valence-electron chi connectivity index (χ4n) is 1.97. The van der Waals surface area contributed by atoms with E-state index >= 15 is 0 Å². The SMILES string of the molecule is CCOC(=O)C(SC#N)C(C(=O)OCC)c1ccc(C)cc1. The normalized spacial score (nSPS) is 12.8. The van der Waals surface area contributed by atoms with Crippen molar-refractivity contribution < 1.29 is 19.1 Å². The number of esters is 2. The van der Waals surface area contributed by atoms with Crippen LogP contribution in [0.25, 0.3) is 0 Å². The first-order valence-electron chi connectivity index (χ1n) is 6.99. The largest absolute Gasteiger partial charge is 0.465 e. The average Bonchev–Trinajstić information content (AvgIpc) is 2.49. The molecule has 0 aliphatic rings. The summed E-state index contributed by atoms with van der Waals surface area (Å²) in [5, 5.41) is 9.88. The number of benzene rings is 1. The highest BCUT2D eigenvalue weighted by atomic mass is 32.2. The van der Waals surface area contributed by atoms with Crippen LogP contribution in [-0.2, 0) is 19.1 Å². The highest BCUT2D eigenvalue weighted by molar-refractivity contribution is 8.05. The molecule has 0 amide bonds. The van der Waals surface area contributed by atoms with Crippen LogP contribution < -0.4 is 0 Å². The molecule has 1 aromatic carbocycles. The molecule has 0 spiro atoms. The van der Waals surface area contributed by atoms with Crippen molar-refractivity contribution in [1.82, 2.24) is 0 Å². The summed E-state index contributed by atoms with van der Waals surface area (Å²) < 4.78 is 10.1. The minimum absolute atomic E-state index is 0.185. The van der Waals surface area contributed by atoms with Gasteiger partial charge in [0.1, 0.15) is 16.6 Å². The number of rotatable bonds is 7. The van der Waals surface area contributed by atoms with E-state index in [0.717, 1.165) is 5.56 Å². The van der Waals surface area contributed by atoms with E-state index in [-0.39, 0.29) is 13.2 Å². The van der Waals surface area contributed by atoms with Gasteiger partial charge in [-0.25, -0.2) is 0 Å². The summed E-state index contributed by atoms with van der Waals surface area (Å²) in [5.41, 5.74) is 1.66. The summed E-state index contributed by atoms with van der Waals surface area (Å²) in [5.74, 6) is -2.00. The van der Waals surface area contributed by atoms with Crippen molar-refractivity contribution in [3.05, 3.63) is 35.4 Å². The van der Waals surface area contributed by atoms with Gasteiger partial charge in [0.25, 0.3) is 0 Å². The van der Waals surface area contributed by atoms with Crippen molar-refractivity contribution in [1.29, 1.82) is 5.26 Å². The smallest absolute Gasteiger partial charge is 0.321 e. The van der Waals surface area contributed by atoms with Crippen LogP contribution in [0.3, 0.4) is 0 Å². The number of nitrogens with zero attached hydrogens (tertiary/aromatic N) is 1. The van der Waals surface area contributed by atoms with Gasteiger partial charge in [0.05, 0.1) is 13.2 Å². The van der Waals surface area contributed by atoms with Gasteiger partial charge >= 0.3 is 11.9 Å². The Morgan fingerprint density at radius 1 is 1.14 bits per heavy atom. The minimum atomic E-state index is -0.952. The van der Waals surface area contributed by atoms with Crippen LogP contribution >= 0.6 is 11.8 Å². The Balaban J connectivity index is 3.21. The van der Waals surface area contributed by atoms with Crippen molar-refractivity contribution in [2.45, 2.75) is 31.9 Å². The lowest BCUT2D eigenvalue weighted by molar-refractivity contribution is -0.151. The van der Waals surface area contributed by atoms with Crippen LogP contribution in [0.5, 0.6) is 0 Å². The van der Waals surface area contributed by atoms with Gasteiger partial charge in [-0.1, -0.05) is 29.8 Å². The number of nitriles is 1. The number of aryl methyl sites for hydroxylation is 1. The average molecular weight is 321 g/mol. The van der Waals surface area contributed by atoms with Gasteiger partial charge in [0, 0.05) is 0 Å². The van der Waals surface area contributed by atoms with E-state index in [0.29, 0.717) is 17.3 Å². The molecule has 0 radical (unpaired) electrons. The van der Waals surface area contributed by atoms with Gasteiger partial charge in [-0.2, -0.15) is 5.26 Å². The summed E-state index contributed by atoms with van der Waals surface area (Å²) in [6.07, 6.45) is 0. The number of ether oxygens (including phenoxy) is 2. The second kappa shape index (κ2) is 9.11. The molecule has 6 heteroatoms. The second-order valence-corrected chi connectivity index (χ2v) is 5.45. The Bertz CT molecular complexity index is 550. The Labute approximate surface area is 134 Å². The fourth-order valence-corrected chi connectivity index (χ4v) is 2.66. The maximum atomic E-state index is 12.3. The van der Waals surface area contributed by atoms with Gasteiger partial charge in [0.15, 0.2) is 0 Å². The molecule has 0 fully saturated rings. The Morgan fingerprint density at radius 2 is 1.68 bits per heavy atom. The van der Waals surface area contributed by atoms with E-state index in [9.17, 15) is 9.59 Å². The van der Waals surface area contributed by atoms with E-state index < -0.39 is 23.1 Å². The monoisotopic (exact) mass is 321 g/mol. The molecule has 0 heterocycles. The zero-order valence-electron chi connectivity index (χ0n) is 12.9. The van der Waals surface area contributed by atoms with Crippen molar-refractivity contribution in [2.75, 3.05) is 13.2 Å². The Hall–Kier alpha value is -2.00. The Kier molecular flexibility index (Phi) is 7.47. The van der Waals surface area contributed by atoms with Crippen molar-refractivity contribution in [2.24, 2.45) is 0 Å². The molecule has 2 unspecified atom stereocenters. The number of hydrogen-bond acceptors (Lipinski definition) is 6. The van der Waals surface area contributed by atoms with E-state index in [2.05, 4.69) is 0 Å². The van der Waals surface area contributed by atoms with Gasteiger partial charge in [0.2, 0.25) is 0 Å². The number of carbonyl (C=O) groups is 2. The minimum Gasteiger partial charge on any atom is -0.465 e. The lowest BCUT2D eigenvalue weighted by Crippen LogP contribution is -2.33. The molecule has 0 bridgehead atoms. The molecule has 22 heavy (non-hydrogen) atoms. The quantitative estimate of drug-likeness (QED) is 0.568. The first kappa shape index (κ1) is 18.1. The molecule has 0 aliphatic heterocycles. The van der Waals surface area contributed by atoms with Gasteiger partial charge in [-0.05, 0) is 38.1 Å². The Morgan fingerprint density at radius 3 is 2.18 bits per heavy atom. The van der Waals surface area contributed by atoms with Crippen LogP contribution in [0.1, 0.15) is 30.9 Å². The van der Waals surface area contributed by atoms with Crippen molar-refractivity contribution >= 4 is 23.7 Å². The molecule has 1 aromatic rings. The summed E-state index contributed by atoms with van der Waals surface area (Å²) in [4.78, 5) is 24.4. The lowest BCUT2D eigenvalue weighted by Gasteiger charge is -2.22. The van der Waals surface area contributed by atoms with Crippen LogP contribution in [0.4, 0.5) is 0 Å². The van der Waals surface area contributed by atoms with Crippen LogP contribution in [-0.4, -0.2) is 30.4 Å². The fraction of sp³-hybridized carbons (Fsp3) is 0.438. The third-order valence-corrected chi connectivity index (χ3v) is 3.80. The molecule has 5 nitrogen and oxygen atoms in total. The lowest BCUT2D eigenvalue weighted by atomic mass is 9.94. The molecule has 0 N–H and O–H groups in total. The zero-order chi connectivity index (χ0) is 16.5. The summed E-state index contributed by atoms with van der Waals surface area (Å²) >= 11 is 0.716. The van der Waals surface area contributed by atoms with Gasteiger partial charge in [-0.3, -0.25) is 9.59 Å². The van der Waals surface area contributed by atoms with E-state index in [4.69, 9.17) is 14.7 Å². The van der Waals surface area contributed by atoms with Crippen LogP contribution in [0.15, 0.2) is 24.3 Å². The van der Waals surface area contributed by atoms with Crippen LogP contribution in [0, 0.1) is 17.6 Å². The third-order valence-electron chi connectivity index (χ3n) is 2.98. The number of thiocyanates is 1.